The van der Waals surface area contributed by atoms with Crippen molar-refractivity contribution in [2.45, 2.75) is 47.0 Å². The summed E-state index contributed by atoms with van der Waals surface area (Å²) in [5.74, 6) is 0.290. The van der Waals surface area contributed by atoms with Gasteiger partial charge in [0, 0.05) is 6.42 Å². The van der Waals surface area contributed by atoms with Gasteiger partial charge in [-0.05, 0) is 32.9 Å². The average molecular weight is 173 g/mol. The van der Waals surface area contributed by atoms with E-state index in [4.69, 9.17) is 0 Å². The van der Waals surface area contributed by atoms with Crippen LogP contribution in [0.15, 0.2) is 0 Å². The first-order valence-electron chi connectivity index (χ1n) is 4.97. The molecule has 0 amide bonds. The molecule has 0 aromatic carbocycles. The molecule has 2 nitrogen and oxygen atoms in total. The fraction of sp³-hybridized carbons (Fsp3) is 0.900. The van der Waals surface area contributed by atoms with Gasteiger partial charge in [0.1, 0.15) is 5.78 Å². The van der Waals surface area contributed by atoms with Crippen LogP contribution >= 0.6 is 0 Å². The van der Waals surface area contributed by atoms with Gasteiger partial charge in [-0.25, -0.2) is 0 Å². The molecule has 0 aromatic rings. The van der Waals surface area contributed by atoms with Crippen LogP contribution in [0.4, 0.5) is 0 Å². The zero-order chi connectivity index (χ0) is 9.82. The van der Waals surface area contributed by atoms with Crippen LogP contribution < -0.4 is 5.32 Å². The molecule has 0 heterocycles. The summed E-state index contributed by atoms with van der Waals surface area (Å²) in [4.78, 5) is 10.4. The summed E-state index contributed by atoms with van der Waals surface area (Å²) in [5, 5.41) is 3.24. The summed E-state index contributed by atoms with van der Waals surface area (Å²) < 4.78 is 0. The normalized spacial score (nSPS) is 8.67. The van der Waals surface area contributed by atoms with E-state index >= 15 is 0 Å². The van der Waals surface area contributed by atoms with Gasteiger partial charge in [-0.3, -0.25) is 0 Å². The fourth-order valence-electron chi connectivity index (χ4n) is 0.764. The molecule has 74 valence electrons. The topological polar surface area (TPSA) is 29.1 Å². The molecule has 0 spiro atoms. The van der Waals surface area contributed by atoms with Gasteiger partial charge in [0.05, 0.1) is 0 Å². The van der Waals surface area contributed by atoms with E-state index < -0.39 is 0 Å². The summed E-state index contributed by atoms with van der Waals surface area (Å²) in [6.07, 6.45) is 2.87. The Labute approximate surface area is 76.7 Å². The smallest absolute Gasteiger partial charge is 0.129 e. The van der Waals surface area contributed by atoms with Gasteiger partial charge in [-0.2, -0.15) is 0 Å². The molecular weight excluding hydrogens is 150 g/mol. The van der Waals surface area contributed by atoms with Crippen molar-refractivity contribution in [3.8, 4) is 0 Å². The third-order valence-electron chi connectivity index (χ3n) is 1.31. The number of nitrogens with one attached hydrogen (secondary N) is 1. The number of Topliss-reactive ketones (excluding diaryl/α,β-unsaturated/α-hetero) is 1. The van der Waals surface area contributed by atoms with Crippen molar-refractivity contribution in [3.05, 3.63) is 0 Å². The molecule has 0 saturated heterocycles. The van der Waals surface area contributed by atoms with Crippen molar-refractivity contribution in [1.29, 1.82) is 0 Å². The quantitative estimate of drug-likeness (QED) is 0.625. The Morgan fingerprint density at radius 2 is 1.83 bits per heavy atom. The lowest BCUT2D eigenvalue weighted by atomic mass is 10.2. The Balaban J connectivity index is 0. The van der Waals surface area contributed by atoms with E-state index in [1.165, 1.54) is 6.42 Å². The van der Waals surface area contributed by atoms with Gasteiger partial charge in [-0.1, -0.05) is 20.8 Å². The van der Waals surface area contributed by atoms with E-state index in [1.807, 2.05) is 13.8 Å². The maximum absolute atomic E-state index is 10.4. The number of hydrogen-bond donors (Lipinski definition) is 1. The van der Waals surface area contributed by atoms with Gasteiger partial charge in [0.2, 0.25) is 0 Å². The van der Waals surface area contributed by atoms with Crippen LogP contribution in [0.5, 0.6) is 0 Å². The van der Waals surface area contributed by atoms with Crippen molar-refractivity contribution < 1.29 is 4.79 Å². The maximum atomic E-state index is 10.4. The average Bonchev–Trinajstić information content (AvgIpc) is 2.07. The van der Waals surface area contributed by atoms with Gasteiger partial charge in [0.25, 0.3) is 0 Å². The molecule has 0 bridgehead atoms. The predicted octanol–water partition coefficient (Wildman–Crippen LogP) is 2.38. The second-order valence-corrected chi connectivity index (χ2v) is 2.56. The maximum Gasteiger partial charge on any atom is 0.129 e. The van der Waals surface area contributed by atoms with E-state index in [1.54, 1.807) is 6.92 Å². The molecule has 0 aliphatic rings. The van der Waals surface area contributed by atoms with Crippen molar-refractivity contribution in [1.82, 2.24) is 5.32 Å². The Hall–Kier alpha value is -0.370. The van der Waals surface area contributed by atoms with Crippen LogP contribution in [0.25, 0.3) is 0 Å². The standard InChI is InChI=1S/C8H17NO.C2H6/c1-3-6-9-7-4-5-8(2)10;1-2/h9H,3-7H2,1-2H3;1-2H3. The first kappa shape index (κ1) is 14.2. The lowest BCUT2D eigenvalue weighted by Gasteiger charge is -1.99. The summed E-state index contributed by atoms with van der Waals surface area (Å²) >= 11 is 0. The van der Waals surface area contributed by atoms with E-state index in [-0.39, 0.29) is 0 Å². The molecule has 2 heteroatoms. The molecule has 0 aromatic heterocycles. The zero-order valence-electron chi connectivity index (χ0n) is 8.94. The van der Waals surface area contributed by atoms with Gasteiger partial charge in [-0.15, -0.1) is 0 Å². The minimum atomic E-state index is 0.290. The number of carbonyl (C=O) groups is 1. The van der Waals surface area contributed by atoms with Gasteiger partial charge >= 0.3 is 0 Å². The van der Waals surface area contributed by atoms with Crippen LogP contribution in [0.3, 0.4) is 0 Å². The van der Waals surface area contributed by atoms with Crippen LogP contribution in [0, 0.1) is 0 Å². The van der Waals surface area contributed by atoms with Crippen LogP contribution in [-0.4, -0.2) is 18.9 Å². The fourth-order valence-corrected chi connectivity index (χ4v) is 0.764. The zero-order valence-corrected chi connectivity index (χ0v) is 8.94. The molecule has 0 radical (unpaired) electrons. The van der Waals surface area contributed by atoms with Crippen molar-refractivity contribution in [2.24, 2.45) is 0 Å². The van der Waals surface area contributed by atoms with Crippen LogP contribution in [0.2, 0.25) is 0 Å². The largest absolute Gasteiger partial charge is 0.317 e. The third kappa shape index (κ3) is 16.3. The molecule has 1 N–H and O–H groups in total. The van der Waals surface area contributed by atoms with Crippen molar-refractivity contribution in [2.75, 3.05) is 13.1 Å². The molecular formula is C10H23NO. The second kappa shape index (κ2) is 13.2. The Morgan fingerprint density at radius 1 is 1.25 bits per heavy atom. The van der Waals surface area contributed by atoms with Gasteiger partial charge < -0.3 is 10.1 Å². The van der Waals surface area contributed by atoms with Crippen LogP contribution in [0.1, 0.15) is 47.0 Å². The number of carbonyl (C=O) groups excluding carboxylic acids is 1. The first-order valence-corrected chi connectivity index (χ1v) is 4.97. The molecule has 0 aliphatic carbocycles. The van der Waals surface area contributed by atoms with Crippen molar-refractivity contribution in [3.63, 3.8) is 0 Å². The summed E-state index contributed by atoms with van der Waals surface area (Å²) in [6, 6.07) is 0. The first-order chi connectivity index (χ1) is 5.77. The highest BCUT2D eigenvalue weighted by Crippen LogP contribution is 1.87. The minimum Gasteiger partial charge on any atom is -0.317 e. The Bertz CT molecular complexity index is 91.8. The SMILES string of the molecule is CC.CCCNCCCC(C)=O. The molecule has 0 saturated carbocycles. The van der Waals surface area contributed by atoms with E-state index in [9.17, 15) is 4.79 Å². The predicted molar refractivity (Wildman–Crippen MR) is 54.4 cm³/mol. The van der Waals surface area contributed by atoms with E-state index in [0.717, 1.165) is 25.9 Å². The summed E-state index contributed by atoms with van der Waals surface area (Å²) in [7, 11) is 0. The highest BCUT2D eigenvalue weighted by Gasteiger charge is 1.91. The Morgan fingerprint density at radius 3 is 2.25 bits per heavy atom. The lowest BCUT2D eigenvalue weighted by Crippen LogP contribution is -2.16. The highest BCUT2D eigenvalue weighted by atomic mass is 16.1. The van der Waals surface area contributed by atoms with Crippen LogP contribution in [-0.2, 0) is 4.79 Å². The monoisotopic (exact) mass is 173 g/mol. The number of hydrogen-bond acceptors (Lipinski definition) is 2. The van der Waals surface area contributed by atoms with E-state index in [0.29, 0.717) is 5.78 Å². The second-order valence-electron chi connectivity index (χ2n) is 2.56. The molecule has 0 unspecified atom stereocenters. The molecule has 0 fully saturated rings. The van der Waals surface area contributed by atoms with E-state index in [2.05, 4.69) is 12.2 Å². The number of ketones is 1. The lowest BCUT2D eigenvalue weighted by molar-refractivity contribution is -0.117. The third-order valence-corrected chi connectivity index (χ3v) is 1.31. The Kier molecular flexibility index (Phi) is 15.6. The molecule has 12 heavy (non-hydrogen) atoms. The summed E-state index contributed by atoms with van der Waals surface area (Å²) in [5.41, 5.74) is 0. The molecule has 0 aliphatic heterocycles. The summed E-state index contributed by atoms with van der Waals surface area (Å²) in [6.45, 7) is 9.82. The van der Waals surface area contributed by atoms with Crippen molar-refractivity contribution >= 4 is 5.78 Å². The highest BCUT2D eigenvalue weighted by molar-refractivity contribution is 5.75. The molecule has 0 atom stereocenters. The number of rotatable bonds is 6. The minimum absolute atomic E-state index is 0.290. The van der Waals surface area contributed by atoms with Gasteiger partial charge in [0.15, 0.2) is 0 Å². The molecule has 0 rings (SSSR count).